The maximum atomic E-state index is 14.5. The smallest absolute Gasteiger partial charge is 0.252 e. The first kappa shape index (κ1) is 18.8. The second-order valence-electron chi connectivity index (χ2n) is 6.40. The molecule has 0 unspecified atom stereocenters. The maximum absolute atomic E-state index is 14.5. The van der Waals surface area contributed by atoms with Gasteiger partial charge in [0.25, 0.3) is 5.91 Å². The van der Waals surface area contributed by atoms with E-state index in [0.717, 1.165) is 21.8 Å². The first-order valence-corrected chi connectivity index (χ1v) is 9.86. The van der Waals surface area contributed by atoms with Crippen molar-refractivity contribution in [2.45, 2.75) is 6.42 Å². The third-order valence-corrected chi connectivity index (χ3v) is 5.18. The van der Waals surface area contributed by atoms with Gasteiger partial charge in [-0.05, 0) is 36.2 Å². The predicted octanol–water partition coefficient (Wildman–Crippen LogP) is 4.33. The van der Waals surface area contributed by atoms with Crippen LogP contribution >= 0.6 is 11.3 Å². The molecular formula is C21H18FN5OS. The first-order chi connectivity index (χ1) is 14.1. The number of hydrogen-bond donors (Lipinski definition) is 3. The van der Waals surface area contributed by atoms with Crippen molar-refractivity contribution in [1.29, 1.82) is 0 Å². The molecule has 2 aromatic heterocycles. The molecule has 8 heteroatoms. The molecule has 4 aromatic rings. The molecule has 4 N–H and O–H groups in total. The lowest BCUT2D eigenvalue weighted by Gasteiger charge is -2.13. The minimum absolute atomic E-state index is 0.0134. The molecule has 2 aromatic carbocycles. The van der Waals surface area contributed by atoms with Gasteiger partial charge in [0.05, 0.1) is 21.3 Å². The van der Waals surface area contributed by atoms with Gasteiger partial charge in [-0.1, -0.05) is 30.3 Å². The molecule has 0 aliphatic carbocycles. The number of thiazole rings is 1. The molecular weight excluding hydrogens is 389 g/mol. The van der Waals surface area contributed by atoms with Crippen molar-refractivity contribution in [3.63, 3.8) is 0 Å². The van der Waals surface area contributed by atoms with Crippen LogP contribution in [0.25, 0.3) is 10.2 Å². The number of benzene rings is 2. The molecule has 0 spiro atoms. The Bertz CT molecular complexity index is 1160. The van der Waals surface area contributed by atoms with Crippen molar-refractivity contribution in [2.24, 2.45) is 5.73 Å². The fraction of sp³-hybridized carbons (Fsp3) is 0.0952. The molecule has 6 nitrogen and oxygen atoms in total. The van der Waals surface area contributed by atoms with Crippen LogP contribution < -0.4 is 16.4 Å². The molecule has 0 bridgehead atoms. The van der Waals surface area contributed by atoms with Gasteiger partial charge in [-0.3, -0.25) is 4.79 Å². The summed E-state index contributed by atoms with van der Waals surface area (Å²) in [6.07, 6.45) is 0.713. The first-order valence-electron chi connectivity index (χ1n) is 8.98. The normalized spacial score (nSPS) is 10.8. The standard InChI is InChI=1S/C21H18FN5OS/c22-16-11-15(19(23)28)20(26-14-6-7-17-18(10-14)29-12-25-17)27-21(16)24-9-8-13-4-2-1-3-5-13/h1-7,10-12H,8-9H2,(H2,23,28)(H2,24,26,27). The summed E-state index contributed by atoms with van der Waals surface area (Å²) < 4.78 is 15.4. The highest BCUT2D eigenvalue weighted by atomic mass is 32.1. The Kier molecular flexibility index (Phi) is 5.35. The van der Waals surface area contributed by atoms with Crippen molar-refractivity contribution >= 4 is 44.8 Å². The third kappa shape index (κ3) is 4.33. The maximum Gasteiger partial charge on any atom is 0.252 e. The fourth-order valence-electron chi connectivity index (χ4n) is 2.94. The number of nitrogens with one attached hydrogen (secondary N) is 2. The summed E-state index contributed by atoms with van der Waals surface area (Å²) in [4.78, 5) is 20.3. The van der Waals surface area contributed by atoms with Crippen molar-refractivity contribution in [3.8, 4) is 0 Å². The molecule has 0 atom stereocenters. The van der Waals surface area contributed by atoms with Crippen molar-refractivity contribution in [1.82, 2.24) is 9.97 Å². The van der Waals surface area contributed by atoms with E-state index >= 15 is 0 Å². The number of pyridine rings is 1. The number of nitrogens with zero attached hydrogens (tertiary/aromatic N) is 2. The van der Waals surface area contributed by atoms with E-state index in [-0.39, 0.29) is 17.2 Å². The number of nitrogens with two attached hydrogens (primary N) is 1. The van der Waals surface area contributed by atoms with Crippen LogP contribution in [0.2, 0.25) is 0 Å². The van der Waals surface area contributed by atoms with Gasteiger partial charge in [0.15, 0.2) is 11.6 Å². The largest absolute Gasteiger partial charge is 0.367 e. The molecule has 0 saturated heterocycles. The zero-order valence-electron chi connectivity index (χ0n) is 15.4. The fourth-order valence-corrected chi connectivity index (χ4v) is 3.65. The second-order valence-corrected chi connectivity index (χ2v) is 7.29. The highest BCUT2D eigenvalue weighted by molar-refractivity contribution is 7.16. The number of aromatic nitrogens is 2. The summed E-state index contributed by atoms with van der Waals surface area (Å²) in [5, 5.41) is 6.06. The molecule has 4 rings (SSSR count). The Hall–Kier alpha value is -3.52. The molecule has 29 heavy (non-hydrogen) atoms. The monoisotopic (exact) mass is 407 g/mol. The number of carbonyl (C=O) groups is 1. The Labute approximate surface area is 170 Å². The summed E-state index contributed by atoms with van der Waals surface area (Å²) in [6, 6.07) is 16.5. The highest BCUT2D eigenvalue weighted by Gasteiger charge is 2.16. The van der Waals surface area contributed by atoms with Crippen LogP contribution in [0.3, 0.4) is 0 Å². The van der Waals surface area contributed by atoms with Gasteiger partial charge >= 0.3 is 0 Å². The number of primary amides is 1. The van der Waals surface area contributed by atoms with Crippen molar-refractivity contribution in [3.05, 3.63) is 77.1 Å². The van der Waals surface area contributed by atoms with Gasteiger partial charge in [0.1, 0.15) is 5.82 Å². The van der Waals surface area contributed by atoms with Crippen LogP contribution in [0.15, 0.2) is 60.1 Å². The van der Waals surface area contributed by atoms with Gasteiger partial charge in [0.2, 0.25) is 0 Å². The van der Waals surface area contributed by atoms with Crippen LogP contribution in [0, 0.1) is 5.82 Å². The number of hydrogen-bond acceptors (Lipinski definition) is 6. The lowest BCUT2D eigenvalue weighted by molar-refractivity contribution is 0.100. The Morgan fingerprint density at radius 3 is 2.72 bits per heavy atom. The zero-order chi connectivity index (χ0) is 20.2. The second kappa shape index (κ2) is 8.24. The highest BCUT2D eigenvalue weighted by Crippen LogP contribution is 2.27. The summed E-state index contributed by atoms with van der Waals surface area (Å²) in [6.45, 7) is 0.496. The van der Waals surface area contributed by atoms with Crippen molar-refractivity contribution < 1.29 is 9.18 Å². The molecule has 1 amide bonds. The molecule has 0 aliphatic heterocycles. The number of anilines is 3. The van der Waals surface area contributed by atoms with Crippen LogP contribution in [-0.4, -0.2) is 22.4 Å². The number of halogens is 1. The average molecular weight is 407 g/mol. The summed E-state index contributed by atoms with van der Waals surface area (Å²) in [5.74, 6) is -1.12. The molecule has 0 saturated carbocycles. The van der Waals surface area contributed by atoms with Gasteiger partial charge < -0.3 is 16.4 Å². The zero-order valence-corrected chi connectivity index (χ0v) is 16.2. The average Bonchev–Trinajstić information content (AvgIpc) is 3.18. The minimum atomic E-state index is -0.756. The van der Waals surface area contributed by atoms with Crippen LogP contribution in [0.1, 0.15) is 15.9 Å². The lowest BCUT2D eigenvalue weighted by atomic mass is 10.1. The van der Waals surface area contributed by atoms with Gasteiger partial charge in [-0.25, -0.2) is 14.4 Å². The van der Waals surface area contributed by atoms with E-state index in [1.54, 1.807) is 5.51 Å². The van der Waals surface area contributed by atoms with Crippen LogP contribution in [-0.2, 0) is 6.42 Å². The number of amides is 1. The van der Waals surface area contributed by atoms with E-state index in [1.807, 2.05) is 48.5 Å². The summed E-state index contributed by atoms with van der Waals surface area (Å²) in [7, 11) is 0. The molecule has 146 valence electrons. The summed E-state index contributed by atoms with van der Waals surface area (Å²) in [5.41, 5.74) is 9.89. The lowest BCUT2D eigenvalue weighted by Crippen LogP contribution is -2.17. The van der Waals surface area contributed by atoms with E-state index in [2.05, 4.69) is 20.6 Å². The molecule has 0 fully saturated rings. The Morgan fingerprint density at radius 2 is 1.93 bits per heavy atom. The van der Waals surface area contributed by atoms with Crippen LogP contribution in [0.5, 0.6) is 0 Å². The van der Waals surface area contributed by atoms with Gasteiger partial charge in [-0.15, -0.1) is 11.3 Å². The minimum Gasteiger partial charge on any atom is -0.367 e. The van der Waals surface area contributed by atoms with Gasteiger partial charge in [-0.2, -0.15) is 0 Å². The predicted molar refractivity (Wildman–Crippen MR) is 114 cm³/mol. The SMILES string of the molecule is NC(=O)c1cc(F)c(NCCc2ccccc2)nc1Nc1ccc2ncsc2c1. The molecule has 2 heterocycles. The topological polar surface area (TPSA) is 92.9 Å². The van der Waals surface area contributed by atoms with E-state index in [1.165, 1.54) is 11.3 Å². The number of rotatable bonds is 7. The third-order valence-electron chi connectivity index (χ3n) is 4.38. The van der Waals surface area contributed by atoms with Gasteiger partial charge in [0, 0.05) is 12.2 Å². The Balaban J connectivity index is 1.57. The number of carbonyl (C=O) groups excluding carboxylic acids is 1. The number of fused-ring (bicyclic) bond motifs is 1. The Morgan fingerprint density at radius 1 is 1.10 bits per heavy atom. The molecule has 0 radical (unpaired) electrons. The quantitative estimate of drug-likeness (QED) is 0.424. The van der Waals surface area contributed by atoms with E-state index in [9.17, 15) is 9.18 Å². The van der Waals surface area contributed by atoms with E-state index in [4.69, 9.17) is 5.73 Å². The van der Waals surface area contributed by atoms with E-state index in [0.29, 0.717) is 18.7 Å². The van der Waals surface area contributed by atoms with Crippen molar-refractivity contribution in [2.75, 3.05) is 17.2 Å². The summed E-state index contributed by atoms with van der Waals surface area (Å²) >= 11 is 1.50. The van der Waals surface area contributed by atoms with Crippen LogP contribution in [0.4, 0.5) is 21.7 Å². The van der Waals surface area contributed by atoms with E-state index < -0.39 is 11.7 Å². The molecule has 0 aliphatic rings.